The van der Waals surface area contributed by atoms with Gasteiger partial charge in [0.05, 0.1) is 11.5 Å². The molecule has 0 unspecified atom stereocenters. The number of hydrogen-bond acceptors (Lipinski definition) is 6. The van der Waals surface area contributed by atoms with Gasteiger partial charge in [-0.1, -0.05) is 162 Å². The van der Waals surface area contributed by atoms with Crippen molar-refractivity contribution < 1.29 is 24.9 Å². The molecule has 0 spiro atoms. The Bertz CT molecular complexity index is 913. The molecule has 0 bridgehead atoms. The summed E-state index contributed by atoms with van der Waals surface area (Å²) in [5.41, 5.74) is 2.15. The smallest absolute Gasteiger partial charge is 0.313 e. The monoisotopic (exact) mass is 711 g/mol. The van der Waals surface area contributed by atoms with Gasteiger partial charge in [0.15, 0.2) is 0 Å². The van der Waals surface area contributed by atoms with E-state index in [0.29, 0.717) is 17.1 Å². The van der Waals surface area contributed by atoms with Gasteiger partial charge < -0.3 is 20.6 Å². The molecule has 1 aromatic rings. The van der Waals surface area contributed by atoms with E-state index in [1.165, 1.54) is 165 Å². The molecule has 6 nitrogen and oxygen atoms in total. The summed E-state index contributed by atoms with van der Waals surface area (Å²) < 4.78 is 0. The lowest BCUT2D eigenvalue weighted by Gasteiger charge is -2.23. The van der Waals surface area contributed by atoms with Crippen LogP contribution in [-0.4, -0.2) is 51.9 Å². The number of phenols is 1. The molecular formula is C40H73NO5S2. The van der Waals surface area contributed by atoms with Crippen molar-refractivity contribution in [3.05, 3.63) is 28.8 Å². The van der Waals surface area contributed by atoms with Crippen molar-refractivity contribution in [3.8, 4) is 5.75 Å². The summed E-state index contributed by atoms with van der Waals surface area (Å²) in [5, 5.41) is 31.5. The average Bonchev–Trinajstić information content (AvgIpc) is 3.02. The SMILES string of the molecule is CC(C)(C)c1cc(CSCC(=O)O)cc(CSCC(=O)O)c1O.CCCCCCCCCCCCNCCCCCCCCCCCC. The highest BCUT2D eigenvalue weighted by molar-refractivity contribution is 7.99. The Morgan fingerprint density at radius 2 is 0.979 bits per heavy atom. The summed E-state index contributed by atoms with van der Waals surface area (Å²) in [4.78, 5) is 21.3. The van der Waals surface area contributed by atoms with Crippen molar-refractivity contribution in [2.45, 2.75) is 180 Å². The van der Waals surface area contributed by atoms with Gasteiger partial charge >= 0.3 is 11.9 Å². The molecule has 48 heavy (non-hydrogen) atoms. The lowest BCUT2D eigenvalue weighted by molar-refractivity contribution is -0.134. The summed E-state index contributed by atoms with van der Waals surface area (Å²) >= 11 is 2.52. The van der Waals surface area contributed by atoms with Crippen molar-refractivity contribution in [2.24, 2.45) is 0 Å². The maximum Gasteiger partial charge on any atom is 0.313 e. The molecule has 0 heterocycles. The first-order chi connectivity index (χ1) is 23.0. The van der Waals surface area contributed by atoms with Gasteiger partial charge in [-0.25, -0.2) is 0 Å². The van der Waals surface area contributed by atoms with E-state index in [1.54, 1.807) is 0 Å². The number of hydrogen-bond donors (Lipinski definition) is 4. The third-order valence-corrected chi connectivity index (χ3v) is 10.4. The Labute approximate surface area is 303 Å². The first kappa shape index (κ1) is 46.6. The molecular weight excluding hydrogens is 639 g/mol. The fourth-order valence-corrected chi connectivity index (χ4v) is 7.03. The summed E-state index contributed by atoms with van der Waals surface area (Å²) in [5.74, 6) is -0.620. The predicted molar refractivity (Wildman–Crippen MR) is 211 cm³/mol. The van der Waals surface area contributed by atoms with Crippen molar-refractivity contribution in [1.82, 2.24) is 5.32 Å². The molecule has 0 atom stereocenters. The van der Waals surface area contributed by atoms with Gasteiger partial charge in [0, 0.05) is 17.1 Å². The van der Waals surface area contributed by atoms with Crippen LogP contribution in [0.1, 0.15) is 180 Å². The van der Waals surface area contributed by atoms with E-state index in [4.69, 9.17) is 10.2 Å². The summed E-state index contributed by atoms with van der Waals surface area (Å²) in [6.45, 7) is 13.1. The standard InChI is InChI=1S/C24H51N.C16H22O5S2/c1-3-5-7-9-11-13-15-17-19-21-23-25-24-22-20-18-16-14-12-10-8-6-4-2;1-16(2,3)12-5-10(6-22-8-13(17)18)4-11(15(12)21)7-23-9-14(19)20/h25H,3-24H2,1-2H3;4-5,21H,6-9H2,1-3H3,(H,17,18)(H,19,20). The predicted octanol–water partition coefficient (Wildman–Crippen LogP) is 11.7. The average molecular weight is 712 g/mol. The van der Waals surface area contributed by atoms with Crippen LogP contribution in [0.15, 0.2) is 12.1 Å². The van der Waals surface area contributed by atoms with Crippen molar-refractivity contribution in [1.29, 1.82) is 0 Å². The highest BCUT2D eigenvalue weighted by Gasteiger charge is 2.21. The number of carboxylic acids is 2. The van der Waals surface area contributed by atoms with Crippen molar-refractivity contribution in [2.75, 3.05) is 24.6 Å². The maximum atomic E-state index is 10.6. The number of unbranched alkanes of at least 4 members (excludes halogenated alkanes) is 18. The zero-order chi connectivity index (χ0) is 35.9. The first-order valence-electron chi connectivity index (χ1n) is 19.2. The van der Waals surface area contributed by atoms with E-state index in [2.05, 4.69) is 19.2 Å². The zero-order valence-corrected chi connectivity index (χ0v) is 33.1. The van der Waals surface area contributed by atoms with E-state index < -0.39 is 11.9 Å². The number of phenolic OH excluding ortho intramolecular Hbond substituents is 1. The summed E-state index contributed by atoms with van der Waals surface area (Å²) in [6.07, 6.45) is 28.8. The topological polar surface area (TPSA) is 107 Å². The normalized spacial score (nSPS) is 11.4. The molecule has 0 fully saturated rings. The van der Waals surface area contributed by atoms with E-state index in [1.807, 2.05) is 32.9 Å². The van der Waals surface area contributed by atoms with Crippen LogP contribution in [0.3, 0.4) is 0 Å². The van der Waals surface area contributed by atoms with E-state index in [-0.39, 0.29) is 22.7 Å². The van der Waals surface area contributed by atoms with Crippen LogP contribution in [0.2, 0.25) is 0 Å². The molecule has 1 aromatic carbocycles. The molecule has 0 aromatic heterocycles. The number of aromatic hydroxyl groups is 1. The Hall–Kier alpha value is -1.38. The molecule has 1 rings (SSSR count). The van der Waals surface area contributed by atoms with Crippen LogP contribution in [0, 0.1) is 0 Å². The highest BCUT2D eigenvalue weighted by atomic mass is 32.2. The number of benzene rings is 1. The fraction of sp³-hybridized carbons (Fsp3) is 0.800. The molecule has 0 radical (unpaired) electrons. The van der Waals surface area contributed by atoms with Gasteiger partial charge in [-0.15, -0.1) is 23.5 Å². The number of nitrogens with one attached hydrogen (secondary N) is 1. The minimum absolute atomic E-state index is 0.0226. The van der Waals surface area contributed by atoms with Crippen LogP contribution >= 0.6 is 23.5 Å². The lowest BCUT2D eigenvalue weighted by Crippen LogP contribution is -2.16. The molecule has 0 aliphatic carbocycles. The van der Waals surface area contributed by atoms with E-state index in [9.17, 15) is 14.7 Å². The minimum atomic E-state index is -0.890. The number of carbonyl (C=O) groups is 2. The molecule has 0 saturated heterocycles. The number of carboxylic acid groups (broad SMARTS) is 2. The van der Waals surface area contributed by atoms with Gasteiger partial charge in [0.25, 0.3) is 0 Å². The van der Waals surface area contributed by atoms with Crippen LogP contribution in [-0.2, 0) is 26.5 Å². The van der Waals surface area contributed by atoms with Crippen molar-refractivity contribution in [3.63, 3.8) is 0 Å². The minimum Gasteiger partial charge on any atom is -0.507 e. The second-order valence-corrected chi connectivity index (χ2v) is 16.3. The van der Waals surface area contributed by atoms with E-state index >= 15 is 0 Å². The molecule has 280 valence electrons. The Morgan fingerprint density at radius 3 is 1.35 bits per heavy atom. The molecule has 0 aliphatic rings. The Balaban J connectivity index is 0.000000923. The second-order valence-electron chi connectivity index (χ2n) is 14.3. The molecule has 0 aliphatic heterocycles. The molecule has 8 heteroatoms. The fourth-order valence-electron chi connectivity index (χ4n) is 5.63. The van der Waals surface area contributed by atoms with Crippen LogP contribution < -0.4 is 5.32 Å². The molecule has 0 saturated carbocycles. The van der Waals surface area contributed by atoms with E-state index in [0.717, 1.165) is 11.1 Å². The Kier molecular flexibility index (Phi) is 30.7. The van der Waals surface area contributed by atoms with Gasteiger partial charge in [-0.05, 0) is 42.5 Å². The largest absolute Gasteiger partial charge is 0.507 e. The summed E-state index contributed by atoms with van der Waals surface area (Å²) in [7, 11) is 0. The summed E-state index contributed by atoms with van der Waals surface area (Å²) in [6, 6.07) is 3.73. The second kappa shape index (κ2) is 31.6. The van der Waals surface area contributed by atoms with Gasteiger partial charge in [0.1, 0.15) is 5.75 Å². The van der Waals surface area contributed by atoms with Crippen LogP contribution in [0.25, 0.3) is 0 Å². The highest BCUT2D eigenvalue weighted by Crippen LogP contribution is 2.37. The Morgan fingerprint density at radius 1 is 0.604 bits per heavy atom. The van der Waals surface area contributed by atoms with Crippen LogP contribution in [0.5, 0.6) is 5.75 Å². The number of aliphatic carboxylic acids is 2. The zero-order valence-electron chi connectivity index (χ0n) is 31.5. The van der Waals surface area contributed by atoms with Gasteiger partial charge in [0.2, 0.25) is 0 Å². The van der Waals surface area contributed by atoms with Crippen molar-refractivity contribution >= 4 is 35.5 Å². The van der Waals surface area contributed by atoms with Crippen LogP contribution in [0.4, 0.5) is 0 Å². The lowest BCUT2D eigenvalue weighted by atomic mass is 9.84. The molecule has 4 N–H and O–H groups in total. The number of rotatable bonds is 30. The number of thioether (sulfide) groups is 2. The quantitative estimate of drug-likeness (QED) is 0.0584. The van der Waals surface area contributed by atoms with Gasteiger partial charge in [-0.2, -0.15) is 0 Å². The van der Waals surface area contributed by atoms with Gasteiger partial charge in [-0.3, -0.25) is 9.59 Å². The third-order valence-electron chi connectivity index (χ3n) is 8.45. The third kappa shape index (κ3) is 28.5. The molecule has 0 amide bonds. The maximum absolute atomic E-state index is 10.6. The first-order valence-corrected chi connectivity index (χ1v) is 21.5.